The molecule has 20 heavy (non-hydrogen) atoms. The third-order valence-corrected chi connectivity index (χ3v) is 3.52. The van der Waals surface area contributed by atoms with Crippen molar-refractivity contribution < 1.29 is 19.1 Å². The molecule has 1 saturated carbocycles. The predicted octanol–water partition coefficient (Wildman–Crippen LogP) is 2.14. The van der Waals surface area contributed by atoms with Crippen LogP contribution in [0.25, 0.3) is 0 Å². The minimum Gasteiger partial charge on any atom is -0.481 e. The van der Waals surface area contributed by atoms with Gasteiger partial charge in [0.2, 0.25) is 5.91 Å². The number of benzene rings is 1. The minimum absolute atomic E-state index is 0.163. The normalized spacial score (nSPS) is 21.2. The van der Waals surface area contributed by atoms with E-state index in [0.29, 0.717) is 24.9 Å². The summed E-state index contributed by atoms with van der Waals surface area (Å²) in [5.74, 6) is -3.28. The summed E-state index contributed by atoms with van der Waals surface area (Å²) >= 11 is 0. The van der Waals surface area contributed by atoms with Gasteiger partial charge in [-0.15, -0.1) is 0 Å². The van der Waals surface area contributed by atoms with Gasteiger partial charge in [0.05, 0.1) is 17.4 Å². The molecule has 1 fully saturated rings. The lowest BCUT2D eigenvalue weighted by molar-refractivity contribution is -0.145. The number of carboxylic acids is 1. The number of nitrogens with one attached hydrogen (secondary N) is 1. The molecule has 5 nitrogen and oxygen atoms in total. The van der Waals surface area contributed by atoms with Crippen LogP contribution in [-0.2, 0) is 9.59 Å². The standard InChI is InChI=1S/C14H13FN2O3/c15-12-5-4-9(6-8(12)7-16)17-13(18)10-2-1-3-11(10)14(19)20/h4-6,10-11H,1-3H2,(H,17,18)(H,19,20)/t10-,11+/m1/s1. The van der Waals surface area contributed by atoms with Crippen molar-refractivity contribution >= 4 is 17.6 Å². The van der Waals surface area contributed by atoms with Crippen molar-refractivity contribution in [3.8, 4) is 6.07 Å². The maximum atomic E-state index is 13.2. The number of carbonyl (C=O) groups is 2. The van der Waals surface area contributed by atoms with Crippen molar-refractivity contribution in [2.45, 2.75) is 19.3 Å². The summed E-state index contributed by atoms with van der Waals surface area (Å²) in [5, 5.41) is 20.3. The number of nitrogens with zero attached hydrogens (tertiary/aromatic N) is 1. The number of aliphatic carboxylic acids is 1. The quantitative estimate of drug-likeness (QED) is 0.884. The molecule has 2 N–H and O–H groups in total. The second-order valence-electron chi connectivity index (χ2n) is 4.78. The lowest BCUT2D eigenvalue weighted by Crippen LogP contribution is -2.30. The Morgan fingerprint density at radius 3 is 2.70 bits per heavy atom. The van der Waals surface area contributed by atoms with Crippen molar-refractivity contribution in [1.82, 2.24) is 0 Å². The van der Waals surface area contributed by atoms with Crippen LogP contribution >= 0.6 is 0 Å². The molecule has 1 aromatic rings. The van der Waals surface area contributed by atoms with Gasteiger partial charge in [-0.1, -0.05) is 6.42 Å². The highest BCUT2D eigenvalue weighted by molar-refractivity contribution is 5.95. The predicted molar refractivity (Wildman–Crippen MR) is 68.2 cm³/mol. The number of halogens is 1. The van der Waals surface area contributed by atoms with E-state index in [1.165, 1.54) is 12.1 Å². The fourth-order valence-corrected chi connectivity index (χ4v) is 2.49. The topological polar surface area (TPSA) is 90.2 Å². The van der Waals surface area contributed by atoms with E-state index in [9.17, 15) is 14.0 Å². The maximum Gasteiger partial charge on any atom is 0.307 e. The molecule has 1 aliphatic carbocycles. The molecular formula is C14H13FN2O3. The van der Waals surface area contributed by atoms with E-state index in [2.05, 4.69) is 5.32 Å². The van der Waals surface area contributed by atoms with Gasteiger partial charge in [0.25, 0.3) is 0 Å². The molecule has 0 aliphatic heterocycles. The summed E-state index contributed by atoms with van der Waals surface area (Å²) < 4.78 is 13.2. The van der Waals surface area contributed by atoms with Gasteiger partial charge in [-0.3, -0.25) is 9.59 Å². The van der Waals surface area contributed by atoms with E-state index in [1.54, 1.807) is 6.07 Å². The van der Waals surface area contributed by atoms with Crippen LogP contribution in [0.3, 0.4) is 0 Å². The summed E-state index contributed by atoms with van der Waals surface area (Å²) in [6, 6.07) is 5.36. The Morgan fingerprint density at radius 2 is 2.05 bits per heavy atom. The Balaban J connectivity index is 2.12. The molecule has 0 saturated heterocycles. The van der Waals surface area contributed by atoms with Crippen LogP contribution in [0.1, 0.15) is 24.8 Å². The fraction of sp³-hybridized carbons (Fsp3) is 0.357. The van der Waals surface area contributed by atoms with Crippen LogP contribution in [0.15, 0.2) is 18.2 Å². The third-order valence-electron chi connectivity index (χ3n) is 3.52. The first-order valence-corrected chi connectivity index (χ1v) is 6.26. The van der Waals surface area contributed by atoms with E-state index in [0.717, 1.165) is 6.07 Å². The smallest absolute Gasteiger partial charge is 0.307 e. The molecule has 0 spiro atoms. The van der Waals surface area contributed by atoms with Crippen LogP contribution in [0.2, 0.25) is 0 Å². The van der Waals surface area contributed by atoms with Crippen LogP contribution in [0.4, 0.5) is 10.1 Å². The molecule has 0 bridgehead atoms. The van der Waals surface area contributed by atoms with Gasteiger partial charge in [-0.05, 0) is 31.0 Å². The second kappa shape index (κ2) is 5.70. The maximum absolute atomic E-state index is 13.2. The summed E-state index contributed by atoms with van der Waals surface area (Å²) in [5.41, 5.74) is 0.132. The van der Waals surface area contributed by atoms with Gasteiger partial charge in [0.1, 0.15) is 11.9 Å². The average Bonchev–Trinajstić information content (AvgIpc) is 2.90. The van der Waals surface area contributed by atoms with Gasteiger partial charge < -0.3 is 10.4 Å². The zero-order valence-electron chi connectivity index (χ0n) is 10.6. The zero-order valence-corrected chi connectivity index (χ0v) is 10.6. The molecule has 1 amide bonds. The van der Waals surface area contributed by atoms with Crippen LogP contribution in [-0.4, -0.2) is 17.0 Å². The monoisotopic (exact) mass is 276 g/mol. The molecule has 2 atom stereocenters. The Labute approximate surface area is 115 Å². The van der Waals surface area contributed by atoms with Gasteiger partial charge in [-0.2, -0.15) is 5.26 Å². The first kappa shape index (κ1) is 14.0. The van der Waals surface area contributed by atoms with E-state index in [-0.39, 0.29) is 5.56 Å². The van der Waals surface area contributed by atoms with Crippen LogP contribution < -0.4 is 5.32 Å². The second-order valence-corrected chi connectivity index (χ2v) is 4.78. The number of hydrogen-bond donors (Lipinski definition) is 2. The molecule has 1 aromatic carbocycles. The van der Waals surface area contributed by atoms with Crippen molar-refractivity contribution in [1.29, 1.82) is 5.26 Å². The lowest BCUT2D eigenvalue weighted by Gasteiger charge is -2.15. The zero-order chi connectivity index (χ0) is 14.7. The molecule has 0 unspecified atom stereocenters. The highest BCUT2D eigenvalue weighted by atomic mass is 19.1. The minimum atomic E-state index is -0.973. The third kappa shape index (κ3) is 2.77. The van der Waals surface area contributed by atoms with E-state index < -0.39 is 29.5 Å². The number of anilines is 1. The highest BCUT2D eigenvalue weighted by Crippen LogP contribution is 2.33. The largest absolute Gasteiger partial charge is 0.481 e. The van der Waals surface area contributed by atoms with Crippen LogP contribution in [0.5, 0.6) is 0 Å². The van der Waals surface area contributed by atoms with Crippen molar-refractivity contribution in [2.75, 3.05) is 5.32 Å². The van der Waals surface area contributed by atoms with E-state index >= 15 is 0 Å². The van der Waals surface area contributed by atoms with E-state index in [1.807, 2.05) is 0 Å². The number of nitriles is 1. The number of amides is 1. The fourth-order valence-electron chi connectivity index (χ4n) is 2.49. The Morgan fingerprint density at radius 1 is 1.35 bits per heavy atom. The average molecular weight is 276 g/mol. The molecule has 2 rings (SSSR count). The molecule has 6 heteroatoms. The first-order valence-electron chi connectivity index (χ1n) is 6.26. The highest BCUT2D eigenvalue weighted by Gasteiger charge is 2.37. The molecule has 104 valence electrons. The van der Waals surface area contributed by atoms with Crippen molar-refractivity contribution in [3.63, 3.8) is 0 Å². The van der Waals surface area contributed by atoms with Crippen LogP contribution in [0, 0.1) is 29.0 Å². The Hall–Kier alpha value is -2.42. The number of carboxylic acid groups (broad SMARTS) is 1. The Kier molecular flexibility index (Phi) is 3.99. The number of carbonyl (C=O) groups excluding carboxylic acids is 1. The SMILES string of the molecule is N#Cc1cc(NC(=O)[C@@H]2CCC[C@@H]2C(=O)O)ccc1F. The molecule has 1 aliphatic rings. The summed E-state index contributed by atoms with van der Waals surface area (Å²) in [4.78, 5) is 23.1. The number of rotatable bonds is 3. The lowest BCUT2D eigenvalue weighted by atomic mass is 9.95. The summed E-state index contributed by atoms with van der Waals surface area (Å²) in [7, 11) is 0. The van der Waals surface area contributed by atoms with Gasteiger partial charge in [0.15, 0.2) is 0 Å². The molecular weight excluding hydrogens is 263 g/mol. The number of hydrogen-bond acceptors (Lipinski definition) is 3. The van der Waals surface area contributed by atoms with Crippen molar-refractivity contribution in [2.24, 2.45) is 11.8 Å². The van der Waals surface area contributed by atoms with E-state index in [4.69, 9.17) is 10.4 Å². The Bertz CT molecular complexity index is 595. The molecule has 0 radical (unpaired) electrons. The van der Waals surface area contributed by atoms with Gasteiger partial charge in [-0.25, -0.2) is 4.39 Å². The van der Waals surface area contributed by atoms with Gasteiger partial charge in [0, 0.05) is 5.69 Å². The summed E-state index contributed by atoms with van der Waals surface area (Å²) in [6.45, 7) is 0. The van der Waals surface area contributed by atoms with Crippen molar-refractivity contribution in [3.05, 3.63) is 29.6 Å². The summed E-state index contributed by atoms with van der Waals surface area (Å²) in [6.07, 6.45) is 1.71. The molecule has 0 heterocycles. The first-order chi connectivity index (χ1) is 9.52. The molecule has 0 aromatic heterocycles. The van der Waals surface area contributed by atoms with Gasteiger partial charge >= 0.3 is 5.97 Å².